The van der Waals surface area contributed by atoms with Crippen LogP contribution in [0.2, 0.25) is 0 Å². The van der Waals surface area contributed by atoms with Gasteiger partial charge in [0.25, 0.3) is 5.56 Å². The Morgan fingerprint density at radius 1 is 1.15 bits per heavy atom. The van der Waals surface area contributed by atoms with E-state index in [-0.39, 0.29) is 11.2 Å². The highest BCUT2D eigenvalue weighted by molar-refractivity contribution is 5.79. The highest BCUT2D eigenvalue weighted by atomic mass is 16.5. The fourth-order valence-electron chi connectivity index (χ4n) is 3.59. The molecule has 9 heteroatoms. The maximum Gasteiger partial charge on any atom is 0.332 e. The number of imidazole rings is 1. The zero-order chi connectivity index (χ0) is 19.3. The molecule has 9 nitrogen and oxygen atoms in total. The van der Waals surface area contributed by atoms with Crippen molar-refractivity contribution >= 4 is 22.8 Å². The van der Waals surface area contributed by atoms with Gasteiger partial charge in [0.2, 0.25) is 5.95 Å². The number of fused-ring (bicyclic) bond motifs is 3. The standard InChI is InChI=1S/C18H21N5O4/c1-5-21-16(24)14-15(20(2)18(21)25)19-17-22(8-9-23(14)17)12-10-11(26-3)6-7-13(12)27-4/h6-7,10H,5,8-9H2,1-4H3. The van der Waals surface area contributed by atoms with Crippen LogP contribution in [-0.4, -0.2) is 39.4 Å². The lowest BCUT2D eigenvalue weighted by atomic mass is 10.2. The number of ether oxygens (including phenoxy) is 2. The molecule has 1 aliphatic rings. The van der Waals surface area contributed by atoms with Crippen molar-refractivity contribution in [3.8, 4) is 11.5 Å². The van der Waals surface area contributed by atoms with E-state index in [9.17, 15) is 9.59 Å². The van der Waals surface area contributed by atoms with Crippen LogP contribution in [0.5, 0.6) is 11.5 Å². The van der Waals surface area contributed by atoms with Gasteiger partial charge in [0.05, 0.1) is 19.9 Å². The number of anilines is 2. The lowest BCUT2D eigenvalue weighted by molar-refractivity contribution is 0.403. The molecule has 0 aliphatic carbocycles. The molecule has 4 rings (SSSR count). The molecule has 0 bridgehead atoms. The average molecular weight is 371 g/mol. The van der Waals surface area contributed by atoms with Crippen molar-refractivity contribution in [3.63, 3.8) is 0 Å². The van der Waals surface area contributed by atoms with Gasteiger partial charge in [0.15, 0.2) is 11.2 Å². The summed E-state index contributed by atoms with van der Waals surface area (Å²) in [5, 5.41) is 0. The zero-order valence-corrected chi connectivity index (χ0v) is 15.7. The molecule has 27 heavy (non-hydrogen) atoms. The summed E-state index contributed by atoms with van der Waals surface area (Å²) in [5.74, 6) is 1.98. The predicted octanol–water partition coefficient (Wildman–Crippen LogP) is 1.09. The van der Waals surface area contributed by atoms with Crippen LogP contribution in [0.15, 0.2) is 27.8 Å². The maximum absolute atomic E-state index is 12.8. The number of benzene rings is 1. The molecule has 1 aromatic carbocycles. The SMILES string of the molecule is CCn1c(=O)c2c(nc3n2CCN3c2cc(OC)ccc2OC)n(C)c1=O. The number of aromatic nitrogens is 4. The molecule has 0 saturated carbocycles. The Morgan fingerprint density at radius 3 is 2.59 bits per heavy atom. The molecule has 0 atom stereocenters. The second-order valence-electron chi connectivity index (χ2n) is 6.32. The fourth-order valence-corrected chi connectivity index (χ4v) is 3.59. The van der Waals surface area contributed by atoms with E-state index < -0.39 is 0 Å². The van der Waals surface area contributed by atoms with Gasteiger partial charge < -0.3 is 18.9 Å². The second kappa shape index (κ2) is 6.19. The molecule has 0 N–H and O–H groups in total. The van der Waals surface area contributed by atoms with Crippen molar-refractivity contribution in [2.24, 2.45) is 7.05 Å². The summed E-state index contributed by atoms with van der Waals surface area (Å²) in [6.45, 7) is 3.32. The van der Waals surface area contributed by atoms with E-state index in [1.54, 1.807) is 28.2 Å². The third-order valence-corrected chi connectivity index (χ3v) is 4.99. The van der Waals surface area contributed by atoms with Gasteiger partial charge in [-0.25, -0.2) is 4.79 Å². The van der Waals surface area contributed by atoms with E-state index in [0.717, 1.165) is 5.69 Å². The van der Waals surface area contributed by atoms with E-state index in [4.69, 9.17) is 9.47 Å². The van der Waals surface area contributed by atoms with Crippen molar-refractivity contribution < 1.29 is 9.47 Å². The van der Waals surface area contributed by atoms with E-state index in [1.807, 2.05) is 27.7 Å². The second-order valence-corrected chi connectivity index (χ2v) is 6.32. The third-order valence-electron chi connectivity index (χ3n) is 4.99. The van der Waals surface area contributed by atoms with Crippen LogP contribution in [0, 0.1) is 0 Å². The van der Waals surface area contributed by atoms with Crippen LogP contribution < -0.4 is 25.6 Å². The number of nitrogens with zero attached hydrogens (tertiary/aromatic N) is 5. The molecule has 2 aromatic heterocycles. The lowest BCUT2D eigenvalue weighted by Crippen LogP contribution is -2.39. The van der Waals surface area contributed by atoms with Crippen LogP contribution in [-0.2, 0) is 20.1 Å². The van der Waals surface area contributed by atoms with Crippen molar-refractivity contribution in [1.29, 1.82) is 0 Å². The molecular weight excluding hydrogens is 350 g/mol. The molecule has 0 saturated heterocycles. The van der Waals surface area contributed by atoms with Crippen molar-refractivity contribution in [2.45, 2.75) is 20.0 Å². The molecule has 142 valence electrons. The highest BCUT2D eigenvalue weighted by Gasteiger charge is 2.30. The Balaban J connectivity index is 1.98. The first-order chi connectivity index (χ1) is 13.0. The molecule has 0 unspecified atom stereocenters. The minimum atomic E-state index is -0.364. The summed E-state index contributed by atoms with van der Waals surface area (Å²) >= 11 is 0. The number of rotatable bonds is 4. The Kier molecular flexibility index (Phi) is 3.94. The molecule has 3 heterocycles. The molecule has 3 aromatic rings. The zero-order valence-electron chi connectivity index (χ0n) is 15.7. The highest BCUT2D eigenvalue weighted by Crippen LogP contribution is 2.39. The quantitative estimate of drug-likeness (QED) is 0.683. The molecule has 0 radical (unpaired) electrons. The average Bonchev–Trinajstić information content (AvgIpc) is 3.25. The minimum absolute atomic E-state index is 0.311. The molecule has 0 spiro atoms. The van der Waals surface area contributed by atoms with Gasteiger partial charge in [-0.3, -0.25) is 13.9 Å². The number of aryl methyl sites for hydroxylation is 1. The normalized spacial score (nSPS) is 13.3. The van der Waals surface area contributed by atoms with Crippen LogP contribution in [0.1, 0.15) is 6.92 Å². The fraction of sp³-hybridized carbons (Fsp3) is 0.389. The monoisotopic (exact) mass is 371 g/mol. The van der Waals surface area contributed by atoms with Gasteiger partial charge in [-0.15, -0.1) is 0 Å². The summed E-state index contributed by atoms with van der Waals surface area (Å²) in [7, 11) is 4.84. The van der Waals surface area contributed by atoms with Crippen LogP contribution in [0.3, 0.4) is 0 Å². The van der Waals surface area contributed by atoms with Gasteiger partial charge in [-0.1, -0.05) is 0 Å². The smallest absolute Gasteiger partial charge is 0.332 e. The Morgan fingerprint density at radius 2 is 1.93 bits per heavy atom. The molecule has 1 aliphatic heterocycles. The van der Waals surface area contributed by atoms with Crippen LogP contribution in [0.4, 0.5) is 11.6 Å². The topological polar surface area (TPSA) is 83.5 Å². The van der Waals surface area contributed by atoms with Gasteiger partial charge >= 0.3 is 5.69 Å². The predicted molar refractivity (Wildman–Crippen MR) is 101 cm³/mol. The van der Waals surface area contributed by atoms with E-state index in [0.29, 0.717) is 48.2 Å². The van der Waals surface area contributed by atoms with E-state index in [2.05, 4.69) is 4.98 Å². The lowest BCUT2D eigenvalue weighted by Gasteiger charge is -2.19. The largest absolute Gasteiger partial charge is 0.497 e. The van der Waals surface area contributed by atoms with Crippen molar-refractivity contribution in [2.75, 3.05) is 25.7 Å². The molecule has 0 fully saturated rings. The first kappa shape index (κ1) is 17.2. The van der Waals surface area contributed by atoms with E-state index in [1.165, 1.54) is 9.13 Å². The Hall–Kier alpha value is -3.23. The minimum Gasteiger partial charge on any atom is -0.497 e. The summed E-state index contributed by atoms with van der Waals surface area (Å²) in [6, 6.07) is 5.53. The van der Waals surface area contributed by atoms with Crippen molar-refractivity contribution in [3.05, 3.63) is 39.0 Å². The first-order valence-corrected chi connectivity index (χ1v) is 8.71. The summed E-state index contributed by atoms with van der Waals surface area (Å²) < 4.78 is 15.3. The van der Waals surface area contributed by atoms with Gasteiger partial charge in [-0.05, 0) is 19.1 Å². The van der Waals surface area contributed by atoms with Gasteiger partial charge in [-0.2, -0.15) is 4.98 Å². The van der Waals surface area contributed by atoms with Gasteiger partial charge in [0, 0.05) is 32.7 Å². The Labute approximate surface area is 155 Å². The first-order valence-electron chi connectivity index (χ1n) is 8.71. The summed E-state index contributed by atoms with van der Waals surface area (Å²) in [6.07, 6.45) is 0. The van der Waals surface area contributed by atoms with E-state index >= 15 is 0 Å². The summed E-state index contributed by atoms with van der Waals surface area (Å²) in [4.78, 5) is 31.9. The number of methoxy groups -OCH3 is 2. The van der Waals surface area contributed by atoms with Crippen LogP contribution in [0.25, 0.3) is 11.2 Å². The van der Waals surface area contributed by atoms with Gasteiger partial charge in [0.1, 0.15) is 11.5 Å². The number of hydrogen-bond donors (Lipinski definition) is 0. The van der Waals surface area contributed by atoms with Crippen molar-refractivity contribution in [1.82, 2.24) is 18.7 Å². The molecule has 0 amide bonds. The number of hydrogen-bond acceptors (Lipinski definition) is 6. The molecular formula is C18H21N5O4. The maximum atomic E-state index is 12.8. The Bertz CT molecular complexity index is 1160. The van der Waals surface area contributed by atoms with Crippen LogP contribution >= 0.6 is 0 Å². The summed E-state index contributed by atoms with van der Waals surface area (Å²) in [5.41, 5.74) is 0.951. The third kappa shape index (κ3) is 2.34.